The molecule has 4 heteroatoms. The first kappa shape index (κ1) is 11.2. The van der Waals surface area contributed by atoms with Crippen molar-refractivity contribution in [3.05, 3.63) is 46.6 Å². The van der Waals surface area contributed by atoms with Crippen LogP contribution in [0.4, 0.5) is 0 Å². The molecule has 85 valence electrons. The van der Waals surface area contributed by atoms with Crippen LogP contribution in [0.2, 0.25) is 5.02 Å². The molecule has 2 aromatic heterocycles. The van der Waals surface area contributed by atoms with E-state index in [1.165, 1.54) is 11.3 Å². The van der Waals surface area contributed by atoms with E-state index in [0.29, 0.717) is 16.3 Å². The molecule has 0 fully saturated rings. The molecule has 0 aliphatic heterocycles. The lowest BCUT2D eigenvalue weighted by molar-refractivity contribution is 1.34. The van der Waals surface area contributed by atoms with Crippen LogP contribution >= 0.6 is 22.9 Å². The summed E-state index contributed by atoms with van der Waals surface area (Å²) in [5.74, 6) is 2.50. The quantitative estimate of drug-likeness (QED) is 0.628. The molecule has 0 saturated carbocycles. The van der Waals surface area contributed by atoms with Gasteiger partial charge in [-0.2, -0.15) is 0 Å². The van der Waals surface area contributed by atoms with E-state index in [9.17, 15) is 0 Å². The summed E-state index contributed by atoms with van der Waals surface area (Å²) in [5, 5.41) is 4.06. The molecule has 0 saturated heterocycles. The molecular weight excluding hydrogens is 264 g/mol. The normalized spacial score (nSPS) is 10.4. The lowest BCUT2D eigenvalue weighted by Crippen LogP contribution is -1.86. The summed E-state index contributed by atoms with van der Waals surface area (Å²) in [5.41, 5.74) is 2.12. The summed E-state index contributed by atoms with van der Waals surface area (Å²) in [7, 11) is 0. The Morgan fingerprint density at radius 2 is 2.17 bits per heavy atom. The molecule has 0 N–H and O–H groups in total. The summed E-state index contributed by atoms with van der Waals surface area (Å²) in [4.78, 5) is 8.55. The van der Waals surface area contributed by atoms with Gasteiger partial charge >= 0.3 is 0 Å². The van der Waals surface area contributed by atoms with E-state index >= 15 is 0 Å². The van der Waals surface area contributed by atoms with Crippen molar-refractivity contribution in [1.82, 2.24) is 9.97 Å². The fourth-order valence-electron chi connectivity index (χ4n) is 1.65. The highest BCUT2D eigenvalue weighted by molar-refractivity contribution is 7.13. The maximum atomic E-state index is 6.37. The fraction of sp³-hybridized carbons (Fsp3) is 0. The largest absolute Gasteiger partial charge is 0.245 e. The van der Waals surface area contributed by atoms with Gasteiger partial charge in [0.1, 0.15) is 16.9 Å². The molecule has 0 unspecified atom stereocenters. The van der Waals surface area contributed by atoms with Crippen LogP contribution in [0.15, 0.2) is 29.6 Å². The number of para-hydroxylation sites is 1. The topological polar surface area (TPSA) is 25.8 Å². The van der Waals surface area contributed by atoms with Gasteiger partial charge in [-0.05, 0) is 12.0 Å². The van der Waals surface area contributed by atoms with Crippen LogP contribution in [-0.2, 0) is 0 Å². The highest BCUT2D eigenvalue weighted by Crippen LogP contribution is 2.33. The van der Waals surface area contributed by atoms with Gasteiger partial charge in [0.05, 0.1) is 16.1 Å². The van der Waals surface area contributed by atoms with Crippen LogP contribution in [0.5, 0.6) is 0 Å². The number of aromatic nitrogens is 2. The van der Waals surface area contributed by atoms with Gasteiger partial charge in [-0.15, -0.1) is 17.8 Å². The number of rotatable bonds is 1. The molecule has 18 heavy (non-hydrogen) atoms. The lowest BCUT2D eigenvalue weighted by atomic mass is 10.1. The first-order valence-corrected chi connectivity index (χ1v) is 6.44. The fourth-order valence-corrected chi connectivity index (χ4v) is 2.76. The smallest absolute Gasteiger partial charge is 0.128 e. The standard InChI is InChI=1S/C14H6ClN2S/c1-2-9-8-18-14(17-9)11-7-16-12-6-4-3-5-10(12)13(11)15/h1,3-6,8H. The maximum Gasteiger partial charge on any atom is 0.128 e. The molecule has 1 aromatic carbocycles. The summed E-state index contributed by atoms with van der Waals surface area (Å²) in [6.45, 7) is 0. The predicted molar refractivity (Wildman–Crippen MR) is 74.6 cm³/mol. The minimum Gasteiger partial charge on any atom is -0.245 e. The van der Waals surface area contributed by atoms with E-state index < -0.39 is 0 Å². The first-order chi connectivity index (χ1) is 8.79. The Morgan fingerprint density at radius 3 is 2.94 bits per heavy atom. The summed E-state index contributed by atoms with van der Waals surface area (Å²) >= 11 is 7.81. The van der Waals surface area contributed by atoms with Crippen molar-refractivity contribution in [2.24, 2.45) is 0 Å². The van der Waals surface area contributed by atoms with Crippen molar-refractivity contribution in [2.75, 3.05) is 0 Å². The summed E-state index contributed by atoms with van der Waals surface area (Å²) in [6.07, 6.45) is 8.24. The Balaban J connectivity index is 2.24. The van der Waals surface area contributed by atoms with Crippen LogP contribution in [-0.4, -0.2) is 9.97 Å². The zero-order valence-electron chi connectivity index (χ0n) is 9.14. The van der Waals surface area contributed by atoms with E-state index in [0.717, 1.165) is 15.9 Å². The minimum atomic E-state index is 0.604. The number of thiazole rings is 1. The third kappa shape index (κ3) is 1.76. The van der Waals surface area contributed by atoms with Crippen LogP contribution in [0, 0.1) is 18.5 Å². The van der Waals surface area contributed by atoms with E-state index in [2.05, 4.69) is 22.1 Å². The number of hydrogen-bond donors (Lipinski definition) is 0. The Bertz CT molecular complexity index is 771. The highest BCUT2D eigenvalue weighted by atomic mass is 35.5. The van der Waals surface area contributed by atoms with Gasteiger partial charge in [-0.3, -0.25) is 0 Å². The zero-order valence-corrected chi connectivity index (χ0v) is 10.7. The van der Waals surface area contributed by atoms with Gasteiger partial charge < -0.3 is 0 Å². The van der Waals surface area contributed by atoms with E-state index in [1.54, 1.807) is 0 Å². The van der Waals surface area contributed by atoms with E-state index in [4.69, 9.17) is 18.0 Å². The van der Waals surface area contributed by atoms with Gasteiger partial charge in [-0.1, -0.05) is 29.8 Å². The van der Waals surface area contributed by atoms with Gasteiger partial charge in [0.25, 0.3) is 0 Å². The molecule has 1 radical (unpaired) electrons. The average molecular weight is 270 g/mol. The second-order valence-corrected chi connectivity index (χ2v) is 4.85. The van der Waals surface area contributed by atoms with Crippen molar-refractivity contribution >= 4 is 33.8 Å². The molecule has 0 bridgehead atoms. The number of benzene rings is 1. The molecule has 2 nitrogen and oxygen atoms in total. The van der Waals surface area contributed by atoms with Crippen LogP contribution in [0.25, 0.3) is 21.5 Å². The molecule has 0 atom stereocenters. The monoisotopic (exact) mass is 269 g/mol. The van der Waals surface area contributed by atoms with E-state index in [1.807, 2.05) is 29.6 Å². The first-order valence-electron chi connectivity index (χ1n) is 5.18. The Labute approximate surface area is 113 Å². The second-order valence-electron chi connectivity index (χ2n) is 3.61. The van der Waals surface area contributed by atoms with Crippen LogP contribution in [0.1, 0.15) is 5.69 Å². The van der Waals surface area contributed by atoms with Crippen molar-refractivity contribution in [3.63, 3.8) is 0 Å². The predicted octanol–water partition coefficient (Wildman–Crippen LogP) is 3.79. The SMILES string of the molecule is C#Cc1csc(-c2[c]nc3ccccc3c2Cl)n1. The number of pyridine rings is 1. The average Bonchev–Trinajstić information content (AvgIpc) is 2.88. The van der Waals surface area contributed by atoms with Crippen molar-refractivity contribution in [3.8, 4) is 22.9 Å². The maximum absolute atomic E-state index is 6.37. The molecule has 0 aliphatic carbocycles. The van der Waals surface area contributed by atoms with Crippen molar-refractivity contribution < 1.29 is 0 Å². The van der Waals surface area contributed by atoms with Crippen LogP contribution in [0.3, 0.4) is 0 Å². The van der Waals surface area contributed by atoms with Gasteiger partial charge in [-0.25, -0.2) is 9.97 Å². The summed E-state index contributed by atoms with van der Waals surface area (Å²) < 4.78 is 0. The van der Waals surface area contributed by atoms with E-state index in [-0.39, 0.29) is 0 Å². The molecule has 2 heterocycles. The number of fused-ring (bicyclic) bond motifs is 1. The van der Waals surface area contributed by atoms with Gasteiger partial charge in [0, 0.05) is 10.8 Å². The molecule has 0 amide bonds. The second kappa shape index (κ2) is 4.41. The Hall–Kier alpha value is -1.89. The number of hydrogen-bond acceptors (Lipinski definition) is 3. The van der Waals surface area contributed by atoms with Gasteiger partial charge in [0.2, 0.25) is 0 Å². The number of nitrogens with zero attached hydrogens (tertiary/aromatic N) is 2. The van der Waals surface area contributed by atoms with Crippen LogP contribution < -0.4 is 0 Å². The number of halogens is 1. The van der Waals surface area contributed by atoms with Crippen molar-refractivity contribution in [2.45, 2.75) is 0 Å². The Morgan fingerprint density at radius 1 is 1.33 bits per heavy atom. The Kier molecular flexibility index (Phi) is 2.75. The minimum absolute atomic E-state index is 0.604. The molecular formula is C14H6ClN2S. The van der Waals surface area contributed by atoms with Crippen molar-refractivity contribution in [1.29, 1.82) is 0 Å². The third-order valence-corrected chi connectivity index (χ3v) is 3.77. The molecule has 0 aliphatic rings. The third-order valence-electron chi connectivity index (χ3n) is 2.51. The molecule has 0 spiro atoms. The molecule has 3 rings (SSSR count). The van der Waals surface area contributed by atoms with Gasteiger partial charge in [0.15, 0.2) is 0 Å². The lowest BCUT2D eigenvalue weighted by Gasteiger charge is -2.03. The zero-order chi connectivity index (χ0) is 12.5. The highest BCUT2D eigenvalue weighted by Gasteiger charge is 2.12. The molecule has 3 aromatic rings. The summed E-state index contributed by atoms with van der Waals surface area (Å²) in [6, 6.07) is 7.67. The number of terminal acetylenes is 1.